The van der Waals surface area contributed by atoms with E-state index in [1.54, 1.807) is 24.0 Å². The fourth-order valence-electron chi connectivity index (χ4n) is 1.48. The third-order valence-electron chi connectivity index (χ3n) is 2.35. The van der Waals surface area contributed by atoms with Crippen molar-refractivity contribution < 1.29 is 13.9 Å². The van der Waals surface area contributed by atoms with Crippen LogP contribution in [0.1, 0.15) is 16.1 Å². The fraction of sp³-hybridized carbons (Fsp3) is 0.167. The minimum atomic E-state index is -0.599. The van der Waals surface area contributed by atoms with Crippen LogP contribution < -0.4 is 5.73 Å². The van der Waals surface area contributed by atoms with E-state index in [-0.39, 0.29) is 17.9 Å². The van der Waals surface area contributed by atoms with E-state index in [4.69, 9.17) is 10.5 Å². The number of benzene rings is 1. The second-order valence-corrected chi connectivity index (χ2v) is 3.79. The lowest BCUT2D eigenvalue weighted by molar-refractivity contribution is 0.0468. The van der Waals surface area contributed by atoms with Crippen LogP contribution in [-0.4, -0.2) is 15.7 Å². The van der Waals surface area contributed by atoms with Gasteiger partial charge in [-0.2, -0.15) is 5.10 Å². The largest absolute Gasteiger partial charge is 0.455 e. The van der Waals surface area contributed by atoms with E-state index in [0.717, 1.165) is 12.1 Å². The van der Waals surface area contributed by atoms with Gasteiger partial charge in [0, 0.05) is 18.9 Å². The van der Waals surface area contributed by atoms with Gasteiger partial charge in [-0.3, -0.25) is 4.68 Å². The smallest absolute Gasteiger partial charge is 0.340 e. The summed E-state index contributed by atoms with van der Waals surface area (Å²) in [5, 5.41) is 4.06. The van der Waals surface area contributed by atoms with Gasteiger partial charge in [0.25, 0.3) is 0 Å². The van der Waals surface area contributed by atoms with Gasteiger partial charge in [-0.1, -0.05) is 0 Å². The van der Waals surface area contributed by atoms with Gasteiger partial charge in [-0.15, -0.1) is 0 Å². The number of aromatic nitrogens is 2. The van der Waals surface area contributed by atoms with E-state index in [2.05, 4.69) is 5.10 Å². The predicted octanol–water partition coefficient (Wildman–Crippen LogP) is 1.50. The third-order valence-corrected chi connectivity index (χ3v) is 2.35. The summed E-state index contributed by atoms with van der Waals surface area (Å²) in [6.07, 6.45) is 1.75. The number of esters is 1. The van der Waals surface area contributed by atoms with Gasteiger partial charge in [-0.05, 0) is 24.3 Å². The third kappa shape index (κ3) is 2.65. The Balaban J connectivity index is 2.03. The molecule has 0 unspecified atom stereocenters. The number of halogens is 1. The lowest BCUT2D eigenvalue weighted by Crippen LogP contribution is -2.09. The molecular weight excluding hydrogens is 237 g/mol. The minimum absolute atomic E-state index is 0.0521. The SMILES string of the molecule is Cn1ccc(COC(=O)c2ccc(F)cc2N)n1. The molecule has 0 spiro atoms. The molecule has 0 radical (unpaired) electrons. The molecule has 0 saturated heterocycles. The summed E-state index contributed by atoms with van der Waals surface area (Å²) in [6.45, 7) is 0.0521. The van der Waals surface area contributed by atoms with Crippen LogP contribution >= 0.6 is 0 Å². The Morgan fingerprint density at radius 1 is 1.50 bits per heavy atom. The van der Waals surface area contributed by atoms with Crippen molar-refractivity contribution in [2.45, 2.75) is 6.61 Å². The minimum Gasteiger partial charge on any atom is -0.455 e. The van der Waals surface area contributed by atoms with Crippen LogP contribution in [0.5, 0.6) is 0 Å². The predicted molar refractivity (Wildman–Crippen MR) is 63.1 cm³/mol. The van der Waals surface area contributed by atoms with Crippen LogP contribution in [0.25, 0.3) is 0 Å². The summed E-state index contributed by atoms with van der Waals surface area (Å²) >= 11 is 0. The Morgan fingerprint density at radius 3 is 2.89 bits per heavy atom. The summed E-state index contributed by atoms with van der Waals surface area (Å²) in [5.41, 5.74) is 6.37. The first-order chi connectivity index (χ1) is 8.56. The van der Waals surface area contributed by atoms with E-state index in [9.17, 15) is 9.18 Å². The van der Waals surface area contributed by atoms with Crippen molar-refractivity contribution in [1.82, 2.24) is 9.78 Å². The molecule has 0 atom stereocenters. The Bertz CT molecular complexity index is 580. The number of carbonyl (C=O) groups excluding carboxylic acids is 1. The molecule has 2 N–H and O–H groups in total. The fourth-order valence-corrected chi connectivity index (χ4v) is 1.48. The highest BCUT2D eigenvalue weighted by Gasteiger charge is 2.12. The number of hydrogen-bond acceptors (Lipinski definition) is 4. The standard InChI is InChI=1S/C12H12FN3O2/c1-16-5-4-9(15-16)7-18-12(17)10-3-2-8(13)6-11(10)14/h2-6H,7,14H2,1H3. The maximum absolute atomic E-state index is 12.8. The summed E-state index contributed by atoms with van der Waals surface area (Å²) in [5.74, 6) is -1.09. The first-order valence-corrected chi connectivity index (χ1v) is 5.27. The Labute approximate surface area is 103 Å². The summed E-state index contributed by atoms with van der Waals surface area (Å²) < 4.78 is 19.5. The molecule has 0 saturated carbocycles. The number of hydrogen-bond donors (Lipinski definition) is 1. The van der Waals surface area contributed by atoms with Crippen molar-refractivity contribution in [3.8, 4) is 0 Å². The van der Waals surface area contributed by atoms with Crippen LogP contribution in [0.2, 0.25) is 0 Å². The molecule has 0 fully saturated rings. The van der Waals surface area contributed by atoms with Gasteiger partial charge in [0.2, 0.25) is 0 Å². The zero-order valence-corrected chi connectivity index (χ0v) is 9.76. The van der Waals surface area contributed by atoms with Crippen molar-refractivity contribution in [3.05, 3.63) is 47.5 Å². The highest BCUT2D eigenvalue weighted by Crippen LogP contribution is 2.15. The highest BCUT2D eigenvalue weighted by molar-refractivity contribution is 5.94. The number of nitrogens with two attached hydrogens (primary N) is 1. The van der Waals surface area contributed by atoms with Crippen LogP contribution in [-0.2, 0) is 18.4 Å². The number of nitrogen functional groups attached to an aromatic ring is 1. The van der Waals surface area contributed by atoms with Gasteiger partial charge in [0.1, 0.15) is 12.4 Å². The van der Waals surface area contributed by atoms with Gasteiger partial charge >= 0.3 is 5.97 Å². The number of carbonyl (C=O) groups is 1. The molecule has 94 valence electrons. The van der Waals surface area contributed by atoms with Crippen LogP contribution in [0, 0.1) is 5.82 Å². The molecule has 0 bridgehead atoms. The molecular formula is C12H12FN3O2. The molecule has 1 heterocycles. The van der Waals surface area contributed by atoms with Gasteiger partial charge in [0.05, 0.1) is 11.3 Å². The lowest BCUT2D eigenvalue weighted by atomic mass is 10.2. The number of anilines is 1. The van der Waals surface area contributed by atoms with E-state index < -0.39 is 11.8 Å². The van der Waals surface area contributed by atoms with Crippen molar-refractivity contribution in [2.24, 2.45) is 7.05 Å². The molecule has 2 aromatic rings. The molecule has 0 aliphatic heterocycles. The number of ether oxygens (including phenoxy) is 1. The number of nitrogens with zero attached hydrogens (tertiary/aromatic N) is 2. The summed E-state index contributed by atoms with van der Waals surface area (Å²) in [7, 11) is 1.77. The maximum Gasteiger partial charge on any atom is 0.340 e. The molecule has 0 aliphatic carbocycles. The zero-order chi connectivity index (χ0) is 13.1. The zero-order valence-electron chi connectivity index (χ0n) is 9.76. The molecule has 2 rings (SSSR count). The van der Waals surface area contributed by atoms with Crippen LogP contribution in [0.3, 0.4) is 0 Å². The van der Waals surface area contributed by atoms with Crippen molar-refractivity contribution in [3.63, 3.8) is 0 Å². The van der Waals surface area contributed by atoms with E-state index >= 15 is 0 Å². The first kappa shape index (κ1) is 12.1. The second kappa shape index (κ2) is 4.87. The average Bonchev–Trinajstić information content (AvgIpc) is 2.72. The van der Waals surface area contributed by atoms with Gasteiger partial charge < -0.3 is 10.5 Å². The second-order valence-electron chi connectivity index (χ2n) is 3.79. The molecule has 18 heavy (non-hydrogen) atoms. The van der Waals surface area contributed by atoms with Crippen LogP contribution in [0.15, 0.2) is 30.5 Å². The normalized spacial score (nSPS) is 10.3. The van der Waals surface area contributed by atoms with Crippen molar-refractivity contribution in [1.29, 1.82) is 0 Å². The monoisotopic (exact) mass is 249 g/mol. The number of aryl methyl sites for hydroxylation is 1. The molecule has 1 aromatic carbocycles. The quantitative estimate of drug-likeness (QED) is 0.661. The molecule has 0 amide bonds. The number of rotatable bonds is 3. The lowest BCUT2D eigenvalue weighted by Gasteiger charge is -2.05. The summed E-state index contributed by atoms with van der Waals surface area (Å²) in [6, 6.07) is 5.28. The highest BCUT2D eigenvalue weighted by atomic mass is 19.1. The van der Waals surface area contributed by atoms with Crippen molar-refractivity contribution >= 4 is 11.7 Å². The first-order valence-electron chi connectivity index (χ1n) is 5.27. The van der Waals surface area contributed by atoms with Gasteiger partial charge in [-0.25, -0.2) is 9.18 Å². The molecule has 1 aromatic heterocycles. The van der Waals surface area contributed by atoms with Crippen molar-refractivity contribution in [2.75, 3.05) is 5.73 Å². The van der Waals surface area contributed by atoms with Crippen LogP contribution in [0.4, 0.5) is 10.1 Å². The maximum atomic E-state index is 12.8. The Morgan fingerprint density at radius 2 is 2.28 bits per heavy atom. The molecule has 6 heteroatoms. The average molecular weight is 249 g/mol. The van der Waals surface area contributed by atoms with E-state index in [1.807, 2.05) is 0 Å². The summed E-state index contributed by atoms with van der Waals surface area (Å²) in [4.78, 5) is 11.7. The Hall–Kier alpha value is -2.37. The molecule has 0 aliphatic rings. The van der Waals surface area contributed by atoms with Gasteiger partial charge in [0.15, 0.2) is 0 Å². The topological polar surface area (TPSA) is 70.1 Å². The Kier molecular flexibility index (Phi) is 3.27. The van der Waals surface area contributed by atoms with E-state index in [1.165, 1.54) is 6.07 Å². The van der Waals surface area contributed by atoms with E-state index in [0.29, 0.717) is 5.69 Å². The molecule has 5 nitrogen and oxygen atoms in total.